The molecule has 2 aliphatic carbocycles. The van der Waals surface area contributed by atoms with Crippen LogP contribution >= 0.6 is 0 Å². The molecule has 0 aromatic heterocycles. The third kappa shape index (κ3) is 3.22. The van der Waals surface area contributed by atoms with Crippen LogP contribution in [0.4, 0.5) is 0 Å². The van der Waals surface area contributed by atoms with E-state index in [4.69, 9.17) is 0 Å². The van der Waals surface area contributed by atoms with Gasteiger partial charge in [0.2, 0.25) is 0 Å². The SMILES string of the molecule is C1=C([SiH2]C2=Cc3ccccc3C2c2ccccc2)C(c2ccccc2)c2ccccc21. The van der Waals surface area contributed by atoms with E-state index in [0.29, 0.717) is 11.8 Å². The summed E-state index contributed by atoms with van der Waals surface area (Å²) in [6, 6.07) is 40.0. The summed E-state index contributed by atoms with van der Waals surface area (Å²) < 4.78 is 0. The average Bonchev–Trinajstić information content (AvgIpc) is 3.38. The van der Waals surface area contributed by atoms with E-state index in [2.05, 4.69) is 121 Å². The number of allylic oxidation sites excluding steroid dienone is 2. The molecule has 0 heterocycles. The van der Waals surface area contributed by atoms with E-state index in [1.54, 1.807) is 10.4 Å². The van der Waals surface area contributed by atoms with Crippen LogP contribution in [0.25, 0.3) is 12.2 Å². The molecule has 31 heavy (non-hydrogen) atoms. The van der Waals surface area contributed by atoms with Gasteiger partial charge in [-0.3, -0.25) is 0 Å². The normalized spacial score (nSPS) is 19.2. The van der Waals surface area contributed by atoms with E-state index >= 15 is 0 Å². The Hall–Kier alpha value is -3.42. The van der Waals surface area contributed by atoms with Gasteiger partial charge in [-0.1, -0.05) is 132 Å². The molecule has 0 radical (unpaired) electrons. The first-order chi connectivity index (χ1) is 15.4. The molecule has 4 aromatic rings. The molecule has 0 aliphatic heterocycles. The maximum Gasteiger partial charge on any atom is 0.0798 e. The lowest BCUT2D eigenvalue weighted by molar-refractivity contribution is 1.01. The van der Waals surface area contributed by atoms with Crippen molar-refractivity contribution in [2.75, 3.05) is 0 Å². The van der Waals surface area contributed by atoms with Gasteiger partial charge in [0, 0.05) is 11.8 Å². The van der Waals surface area contributed by atoms with Crippen LogP contribution in [0.15, 0.2) is 120 Å². The summed E-state index contributed by atoms with van der Waals surface area (Å²) >= 11 is 0. The minimum absolute atomic E-state index is 0.394. The van der Waals surface area contributed by atoms with Crippen LogP contribution in [0.3, 0.4) is 0 Å². The third-order valence-electron chi connectivity index (χ3n) is 6.71. The average molecular weight is 413 g/mol. The molecule has 148 valence electrons. The Kier molecular flexibility index (Phi) is 4.55. The Morgan fingerprint density at radius 3 is 1.26 bits per heavy atom. The first-order valence-electron chi connectivity index (χ1n) is 11.1. The maximum absolute atomic E-state index is 2.49. The summed E-state index contributed by atoms with van der Waals surface area (Å²) in [6.07, 6.45) is 4.98. The zero-order chi connectivity index (χ0) is 20.6. The number of hydrogen-bond acceptors (Lipinski definition) is 0. The van der Waals surface area contributed by atoms with Crippen molar-refractivity contribution in [3.05, 3.63) is 153 Å². The summed E-state index contributed by atoms with van der Waals surface area (Å²) in [5.41, 5.74) is 8.54. The third-order valence-corrected chi connectivity index (χ3v) is 8.75. The van der Waals surface area contributed by atoms with Crippen molar-refractivity contribution in [1.29, 1.82) is 0 Å². The zero-order valence-corrected chi connectivity index (χ0v) is 18.8. The highest BCUT2D eigenvalue weighted by molar-refractivity contribution is 6.57. The number of rotatable bonds is 4. The molecule has 0 bridgehead atoms. The highest BCUT2D eigenvalue weighted by atomic mass is 28.2. The Morgan fingerprint density at radius 1 is 0.419 bits per heavy atom. The summed E-state index contributed by atoms with van der Waals surface area (Å²) in [6.45, 7) is 0. The van der Waals surface area contributed by atoms with Crippen LogP contribution < -0.4 is 0 Å². The summed E-state index contributed by atoms with van der Waals surface area (Å²) in [5, 5.41) is 3.26. The fourth-order valence-corrected chi connectivity index (χ4v) is 7.83. The summed E-state index contributed by atoms with van der Waals surface area (Å²) in [4.78, 5) is 0. The molecule has 1 heteroatoms. The van der Waals surface area contributed by atoms with Gasteiger partial charge in [0.1, 0.15) is 0 Å². The van der Waals surface area contributed by atoms with Crippen molar-refractivity contribution in [3.63, 3.8) is 0 Å². The van der Waals surface area contributed by atoms with Crippen molar-refractivity contribution >= 4 is 21.7 Å². The molecular weight excluding hydrogens is 388 g/mol. The smallest absolute Gasteiger partial charge is 0.0708 e. The molecule has 2 atom stereocenters. The topological polar surface area (TPSA) is 0 Å². The molecule has 2 aliphatic rings. The van der Waals surface area contributed by atoms with Gasteiger partial charge >= 0.3 is 0 Å². The monoisotopic (exact) mass is 412 g/mol. The second-order valence-corrected chi connectivity index (χ2v) is 10.5. The van der Waals surface area contributed by atoms with E-state index < -0.39 is 9.52 Å². The van der Waals surface area contributed by atoms with Crippen LogP contribution in [0.5, 0.6) is 0 Å². The van der Waals surface area contributed by atoms with Gasteiger partial charge in [-0.25, -0.2) is 0 Å². The molecule has 0 spiro atoms. The van der Waals surface area contributed by atoms with E-state index in [0.717, 1.165) is 0 Å². The van der Waals surface area contributed by atoms with Gasteiger partial charge in [0.15, 0.2) is 0 Å². The fraction of sp³-hybridized carbons (Fsp3) is 0.0667. The summed E-state index contributed by atoms with van der Waals surface area (Å²) in [5.74, 6) is 0.787. The van der Waals surface area contributed by atoms with Crippen molar-refractivity contribution in [1.82, 2.24) is 0 Å². The lowest BCUT2D eigenvalue weighted by Crippen LogP contribution is -2.13. The number of fused-ring (bicyclic) bond motifs is 2. The minimum atomic E-state index is -0.624. The zero-order valence-electron chi connectivity index (χ0n) is 17.4. The molecule has 0 amide bonds. The van der Waals surface area contributed by atoms with Gasteiger partial charge in [0.05, 0.1) is 9.52 Å². The number of hydrogen-bond donors (Lipinski definition) is 0. The molecule has 4 aromatic carbocycles. The van der Waals surface area contributed by atoms with E-state index in [-0.39, 0.29) is 0 Å². The lowest BCUT2D eigenvalue weighted by Gasteiger charge is -2.22. The molecule has 0 saturated heterocycles. The van der Waals surface area contributed by atoms with Gasteiger partial charge in [-0.15, -0.1) is 0 Å². The minimum Gasteiger partial charge on any atom is -0.0708 e. The van der Waals surface area contributed by atoms with Crippen LogP contribution in [-0.2, 0) is 0 Å². The molecule has 2 unspecified atom stereocenters. The largest absolute Gasteiger partial charge is 0.0798 e. The first-order valence-corrected chi connectivity index (χ1v) is 12.5. The predicted molar refractivity (Wildman–Crippen MR) is 134 cm³/mol. The predicted octanol–water partition coefficient (Wildman–Crippen LogP) is 6.53. The Morgan fingerprint density at radius 2 is 0.806 bits per heavy atom. The van der Waals surface area contributed by atoms with Crippen LogP contribution in [0.1, 0.15) is 45.2 Å². The van der Waals surface area contributed by atoms with Crippen LogP contribution in [0, 0.1) is 0 Å². The second kappa shape index (κ2) is 7.68. The molecular formula is C30H24Si. The highest BCUT2D eigenvalue weighted by Gasteiger charge is 2.32. The highest BCUT2D eigenvalue weighted by Crippen LogP contribution is 2.45. The first kappa shape index (κ1) is 18.4. The molecule has 0 nitrogen and oxygen atoms in total. The molecule has 0 saturated carbocycles. The summed E-state index contributed by atoms with van der Waals surface area (Å²) in [7, 11) is -0.624. The Balaban J connectivity index is 1.43. The maximum atomic E-state index is 2.49. The molecule has 6 rings (SSSR count). The van der Waals surface area contributed by atoms with Gasteiger partial charge < -0.3 is 0 Å². The Labute approximate surface area is 186 Å². The van der Waals surface area contributed by atoms with Crippen molar-refractivity contribution in [2.45, 2.75) is 11.8 Å². The van der Waals surface area contributed by atoms with Gasteiger partial charge in [-0.2, -0.15) is 0 Å². The van der Waals surface area contributed by atoms with Crippen molar-refractivity contribution < 1.29 is 0 Å². The standard InChI is InChI=1S/C30H24Si/c1-3-11-21(12-4-1)29-25-17-9-7-15-23(25)19-27(29)31-28-20-24-16-8-10-18-26(24)30(28)22-13-5-2-6-14-22/h1-20,29-30H,31H2. The Bertz CT molecular complexity index is 1200. The fourth-order valence-electron chi connectivity index (χ4n) is 5.40. The van der Waals surface area contributed by atoms with Crippen molar-refractivity contribution in [2.24, 2.45) is 0 Å². The lowest BCUT2D eigenvalue weighted by atomic mass is 9.93. The van der Waals surface area contributed by atoms with Gasteiger partial charge in [-0.05, 0) is 33.4 Å². The van der Waals surface area contributed by atoms with E-state index in [9.17, 15) is 0 Å². The van der Waals surface area contributed by atoms with E-state index in [1.807, 2.05) is 0 Å². The second-order valence-electron chi connectivity index (χ2n) is 8.56. The molecule has 0 N–H and O–H groups in total. The number of benzene rings is 4. The van der Waals surface area contributed by atoms with Gasteiger partial charge in [0.25, 0.3) is 0 Å². The van der Waals surface area contributed by atoms with Crippen molar-refractivity contribution in [3.8, 4) is 0 Å². The van der Waals surface area contributed by atoms with Crippen LogP contribution in [-0.4, -0.2) is 9.52 Å². The quantitative estimate of drug-likeness (QED) is 0.334. The molecule has 0 fully saturated rings. The van der Waals surface area contributed by atoms with Crippen LogP contribution in [0.2, 0.25) is 0 Å². The van der Waals surface area contributed by atoms with E-state index in [1.165, 1.54) is 33.4 Å².